The van der Waals surface area contributed by atoms with Crippen LogP contribution in [0.3, 0.4) is 0 Å². The summed E-state index contributed by atoms with van der Waals surface area (Å²) in [6, 6.07) is 1.05. The Hall–Kier alpha value is -0.840. The van der Waals surface area contributed by atoms with Crippen LogP contribution in [-0.2, 0) is 10.0 Å². The molecule has 2 heterocycles. The Balaban J connectivity index is 2.30. The van der Waals surface area contributed by atoms with Gasteiger partial charge in [-0.3, -0.25) is 10.1 Å². The molecule has 0 radical (unpaired) electrons. The van der Waals surface area contributed by atoms with Crippen molar-refractivity contribution in [2.75, 3.05) is 24.6 Å². The van der Waals surface area contributed by atoms with Crippen LogP contribution in [0.25, 0.3) is 0 Å². The van der Waals surface area contributed by atoms with E-state index in [1.54, 1.807) is 11.8 Å². The summed E-state index contributed by atoms with van der Waals surface area (Å²) in [6.45, 7) is 2.88. The van der Waals surface area contributed by atoms with Gasteiger partial charge in [-0.05, 0) is 6.42 Å². The van der Waals surface area contributed by atoms with Crippen molar-refractivity contribution in [2.45, 2.75) is 22.8 Å². The van der Waals surface area contributed by atoms with Crippen molar-refractivity contribution in [3.63, 3.8) is 0 Å². The van der Waals surface area contributed by atoms with E-state index in [2.05, 4.69) is 0 Å². The number of nitrogens with zero attached hydrogens (tertiary/aromatic N) is 2. The Morgan fingerprint density at radius 3 is 2.85 bits per heavy atom. The van der Waals surface area contributed by atoms with Gasteiger partial charge in [0.25, 0.3) is 10.0 Å². The van der Waals surface area contributed by atoms with Crippen molar-refractivity contribution in [1.82, 2.24) is 4.31 Å². The van der Waals surface area contributed by atoms with Crippen LogP contribution in [0.15, 0.2) is 10.3 Å². The van der Waals surface area contributed by atoms with Crippen LogP contribution in [0.4, 0.5) is 10.7 Å². The number of nitro groups is 1. The second-order valence-electron chi connectivity index (χ2n) is 4.34. The zero-order chi connectivity index (χ0) is 14.9. The van der Waals surface area contributed by atoms with Crippen LogP contribution in [0.2, 0.25) is 0 Å². The second kappa shape index (κ2) is 5.88. The number of thiophene rings is 1. The number of rotatable bonds is 4. The molecular weight excluding hydrogens is 322 g/mol. The number of hydrogen-bond donors (Lipinski definition) is 1. The zero-order valence-electron chi connectivity index (χ0n) is 10.8. The van der Waals surface area contributed by atoms with E-state index in [1.165, 1.54) is 4.31 Å². The molecule has 0 aliphatic carbocycles. The third-order valence-corrected chi connectivity index (χ3v) is 7.71. The Kier molecular flexibility index (Phi) is 4.57. The Morgan fingerprint density at radius 2 is 2.30 bits per heavy atom. The highest BCUT2D eigenvalue weighted by Gasteiger charge is 2.33. The molecule has 1 unspecified atom stereocenters. The van der Waals surface area contributed by atoms with Gasteiger partial charge in [-0.25, -0.2) is 8.42 Å². The van der Waals surface area contributed by atoms with E-state index in [4.69, 9.17) is 5.73 Å². The maximum Gasteiger partial charge on any atom is 0.304 e. The van der Waals surface area contributed by atoms with Gasteiger partial charge in [-0.1, -0.05) is 18.3 Å². The van der Waals surface area contributed by atoms with E-state index in [-0.39, 0.29) is 20.1 Å². The Labute approximate surface area is 125 Å². The third-order valence-electron chi connectivity index (χ3n) is 3.07. The summed E-state index contributed by atoms with van der Waals surface area (Å²) in [4.78, 5) is 10.1. The van der Waals surface area contributed by atoms with E-state index in [0.717, 1.165) is 29.6 Å². The molecule has 7 nitrogen and oxygen atoms in total. The summed E-state index contributed by atoms with van der Waals surface area (Å²) >= 11 is 2.51. The summed E-state index contributed by atoms with van der Waals surface area (Å²) in [5.74, 6) is 0.737. The molecule has 1 aromatic rings. The number of sulfonamides is 1. The highest BCUT2D eigenvalue weighted by molar-refractivity contribution is 8.00. The first-order valence-electron chi connectivity index (χ1n) is 6.01. The molecule has 0 saturated carbocycles. The van der Waals surface area contributed by atoms with Gasteiger partial charge >= 0.3 is 5.69 Å². The molecule has 1 saturated heterocycles. The Morgan fingerprint density at radius 1 is 1.60 bits per heavy atom. The van der Waals surface area contributed by atoms with E-state index in [9.17, 15) is 18.5 Å². The van der Waals surface area contributed by atoms with Gasteiger partial charge < -0.3 is 5.73 Å². The van der Waals surface area contributed by atoms with Gasteiger partial charge in [0.1, 0.15) is 4.21 Å². The van der Waals surface area contributed by atoms with Gasteiger partial charge in [-0.15, -0.1) is 0 Å². The normalized spacial score (nSPS) is 20.9. The molecule has 1 fully saturated rings. The minimum absolute atomic E-state index is 0.0524. The zero-order valence-corrected chi connectivity index (χ0v) is 13.3. The number of nitrogen functional groups attached to an aromatic ring is 1. The molecule has 0 amide bonds. The van der Waals surface area contributed by atoms with E-state index in [1.807, 2.05) is 6.92 Å². The maximum absolute atomic E-state index is 12.5. The smallest absolute Gasteiger partial charge is 0.304 e. The van der Waals surface area contributed by atoms with Crippen LogP contribution in [0.5, 0.6) is 0 Å². The molecule has 0 bridgehead atoms. The predicted octanol–water partition coefficient (Wildman–Crippen LogP) is 1.75. The van der Waals surface area contributed by atoms with Crippen LogP contribution in [-0.4, -0.2) is 41.7 Å². The van der Waals surface area contributed by atoms with Crippen LogP contribution < -0.4 is 5.73 Å². The summed E-state index contributed by atoms with van der Waals surface area (Å²) in [7, 11) is -3.69. The van der Waals surface area contributed by atoms with Crippen molar-refractivity contribution in [3.8, 4) is 0 Å². The minimum Gasteiger partial charge on any atom is -0.385 e. The molecule has 1 aliphatic heterocycles. The molecule has 112 valence electrons. The van der Waals surface area contributed by atoms with Crippen molar-refractivity contribution in [3.05, 3.63) is 16.2 Å². The van der Waals surface area contributed by atoms with Crippen molar-refractivity contribution >= 4 is 43.8 Å². The molecule has 1 aliphatic rings. The average Bonchev–Trinajstić information content (AvgIpc) is 2.82. The number of hydrogen-bond acceptors (Lipinski definition) is 7. The van der Waals surface area contributed by atoms with Crippen molar-refractivity contribution < 1.29 is 13.3 Å². The minimum atomic E-state index is -3.69. The van der Waals surface area contributed by atoms with Gasteiger partial charge in [0.05, 0.1) is 4.92 Å². The van der Waals surface area contributed by atoms with Gasteiger partial charge in [0, 0.05) is 30.2 Å². The first-order chi connectivity index (χ1) is 9.36. The summed E-state index contributed by atoms with van der Waals surface area (Å²) in [5.41, 5.74) is 5.17. The van der Waals surface area contributed by atoms with Crippen molar-refractivity contribution in [2.24, 2.45) is 0 Å². The van der Waals surface area contributed by atoms with Crippen molar-refractivity contribution in [1.29, 1.82) is 0 Å². The second-order valence-corrected chi connectivity index (χ2v) is 8.99. The molecular formula is C10H15N3O4S3. The summed E-state index contributed by atoms with van der Waals surface area (Å²) in [6.07, 6.45) is 0.892. The first-order valence-corrected chi connectivity index (χ1v) is 9.32. The third kappa shape index (κ3) is 2.92. The summed E-state index contributed by atoms with van der Waals surface area (Å²) in [5, 5.41) is 10.9. The van der Waals surface area contributed by atoms with E-state index in [0.29, 0.717) is 13.1 Å². The van der Waals surface area contributed by atoms with Gasteiger partial charge in [0.15, 0.2) is 5.00 Å². The lowest BCUT2D eigenvalue weighted by atomic mass is 10.3. The molecule has 0 aromatic carbocycles. The van der Waals surface area contributed by atoms with E-state index >= 15 is 0 Å². The monoisotopic (exact) mass is 337 g/mol. The van der Waals surface area contributed by atoms with Crippen LogP contribution in [0.1, 0.15) is 13.3 Å². The Bertz CT molecular complexity index is 613. The number of nitrogens with two attached hydrogens (primary N) is 1. The fraction of sp³-hybridized carbons (Fsp3) is 0.600. The highest BCUT2D eigenvalue weighted by atomic mass is 32.2. The lowest BCUT2D eigenvalue weighted by Gasteiger charge is -2.30. The predicted molar refractivity (Wildman–Crippen MR) is 80.7 cm³/mol. The quantitative estimate of drug-likeness (QED) is 0.662. The summed E-state index contributed by atoms with van der Waals surface area (Å²) < 4.78 is 26.3. The molecule has 20 heavy (non-hydrogen) atoms. The van der Waals surface area contributed by atoms with E-state index < -0.39 is 14.9 Å². The highest BCUT2D eigenvalue weighted by Crippen LogP contribution is 2.37. The first kappa shape index (κ1) is 15.5. The molecule has 10 heteroatoms. The molecule has 1 aromatic heterocycles. The standard InChI is InChI=1S/C10H15N3O4S3/c1-2-7-6-12(3-4-18-7)20(16,17)9-5-8(13(14)15)10(11)19-9/h5,7H,2-4,6,11H2,1H3. The maximum atomic E-state index is 12.5. The topological polar surface area (TPSA) is 107 Å². The van der Waals surface area contributed by atoms with Gasteiger partial charge in [0.2, 0.25) is 0 Å². The fourth-order valence-corrected chi connectivity index (χ4v) is 6.17. The lowest BCUT2D eigenvalue weighted by molar-refractivity contribution is -0.383. The molecule has 2 rings (SSSR count). The fourth-order valence-electron chi connectivity index (χ4n) is 1.93. The molecule has 2 N–H and O–H groups in total. The number of anilines is 1. The number of thioether (sulfide) groups is 1. The molecule has 0 spiro atoms. The largest absolute Gasteiger partial charge is 0.385 e. The lowest BCUT2D eigenvalue weighted by Crippen LogP contribution is -2.41. The van der Waals surface area contributed by atoms with Crippen LogP contribution in [0, 0.1) is 10.1 Å². The average molecular weight is 337 g/mol. The van der Waals surface area contributed by atoms with Gasteiger partial charge in [-0.2, -0.15) is 16.1 Å². The van der Waals surface area contributed by atoms with Crippen LogP contribution >= 0.6 is 23.1 Å². The molecule has 1 atom stereocenters. The SMILES string of the molecule is CCC1CN(S(=O)(=O)c2cc([N+](=O)[O-])c(N)s2)CCS1.